The topological polar surface area (TPSA) is 108 Å². The van der Waals surface area contributed by atoms with E-state index in [0.29, 0.717) is 12.8 Å². The molecule has 1 rings (SSSR count). The monoisotopic (exact) mass is 257 g/mol. The number of urea groups is 1. The number of nitrogens with one attached hydrogen (secondary N) is 3. The van der Waals surface area contributed by atoms with E-state index in [0.717, 1.165) is 0 Å². The Kier molecular flexibility index (Phi) is 3.83. The summed E-state index contributed by atoms with van der Waals surface area (Å²) in [5, 5.41) is 16.2. The summed E-state index contributed by atoms with van der Waals surface area (Å²) >= 11 is 0. The molecule has 102 valence electrons. The number of amides is 3. The molecule has 7 heteroatoms. The van der Waals surface area contributed by atoms with Gasteiger partial charge in [0.15, 0.2) is 0 Å². The van der Waals surface area contributed by atoms with Crippen LogP contribution in [0.1, 0.15) is 33.6 Å². The SMILES string of the molecule is CC(C)(C)NC(=O)CNC(=O)NC1(C(=O)O)CC1. The molecule has 0 aromatic carbocycles. The average Bonchev–Trinajstić information content (AvgIpc) is 2.93. The predicted molar refractivity (Wildman–Crippen MR) is 64.0 cm³/mol. The average molecular weight is 257 g/mol. The molecule has 0 saturated heterocycles. The maximum atomic E-state index is 11.4. The van der Waals surface area contributed by atoms with Gasteiger partial charge in [-0.3, -0.25) is 4.79 Å². The van der Waals surface area contributed by atoms with E-state index in [1.165, 1.54) is 0 Å². The van der Waals surface area contributed by atoms with E-state index >= 15 is 0 Å². The van der Waals surface area contributed by atoms with E-state index < -0.39 is 17.5 Å². The van der Waals surface area contributed by atoms with Crippen LogP contribution in [0.5, 0.6) is 0 Å². The van der Waals surface area contributed by atoms with Crippen molar-refractivity contribution < 1.29 is 19.5 Å². The molecule has 0 atom stereocenters. The number of aliphatic carboxylic acids is 1. The number of carboxylic acids is 1. The van der Waals surface area contributed by atoms with E-state index in [9.17, 15) is 14.4 Å². The van der Waals surface area contributed by atoms with Gasteiger partial charge in [-0.2, -0.15) is 0 Å². The molecular formula is C11H19N3O4. The lowest BCUT2D eigenvalue weighted by Crippen LogP contribution is -2.51. The summed E-state index contributed by atoms with van der Waals surface area (Å²) in [7, 11) is 0. The van der Waals surface area contributed by atoms with Gasteiger partial charge in [0, 0.05) is 5.54 Å². The molecule has 0 bridgehead atoms. The lowest BCUT2D eigenvalue weighted by Gasteiger charge is -2.21. The number of carboxylic acid groups (broad SMARTS) is 1. The van der Waals surface area contributed by atoms with Crippen LogP contribution in [0.4, 0.5) is 4.79 Å². The normalized spacial score (nSPS) is 16.6. The lowest BCUT2D eigenvalue weighted by molar-refractivity contribution is -0.140. The summed E-state index contributed by atoms with van der Waals surface area (Å²) in [6, 6.07) is -0.640. The van der Waals surface area contributed by atoms with Crippen molar-refractivity contribution in [3.8, 4) is 0 Å². The summed E-state index contributed by atoms with van der Waals surface area (Å²) in [5.74, 6) is -1.37. The second-order valence-corrected chi connectivity index (χ2v) is 5.49. The Morgan fingerprint density at radius 1 is 1.22 bits per heavy atom. The first-order valence-electron chi connectivity index (χ1n) is 5.75. The fourth-order valence-corrected chi connectivity index (χ4v) is 1.40. The van der Waals surface area contributed by atoms with Crippen molar-refractivity contribution >= 4 is 17.9 Å². The van der Waals surface area contributed by atoms with Gasteiger partial charge in [-0.25, -0.2) is 9.59 Å². The highest BCUT2D eigenvalue weighted by Crippen LogP contribution is 2.35. The Morgan fingerprint density at radius 3 is 2.17 bits per heavy atom. The Labute approximate surface area is 105 Å². The van der Waals surface area contributed by atoms with Gasteiger partial charge >= 0.3 is 12.0 Å². The second kappa shape index (κ2) is 4.83. The van der Waals surface area contributed by atoms with Crippen molar-refractivity contribution in [3.63, 3.8) is 0 Å². The van der Waals surface area contributed by atoms with Gasteiger partial charge in [0.25, 0.3) is 0 Å². The summed E-state index contributed by atoms with van der Waals surface area (Å²) in [5.41, 5.74) is -1.50. The largest absolute Gasteiger partial charge is 0.480 e. The minimum atomic E-state index is -1.13. The van der Waals surface area contributed by atoms with Gasteiger partial charge in [-0.1, -0.05) is 0 Å². The first-order valence-corrected chi connectivity index (χ1v) is 5.75. The zero-order valence-electron chi connectivity index (χ0n) is 10.8. The molecule has 0 heterocycles. The first kappa shape index (κ1) is 14.3. The molecule has 1 aliphatic carbocycles. The highest BCUT2D eigenvalue weighted by atomic mass is 16.4. The van der Waals surface area contributed by atoms with E-state index in [4.69, 9.17) is 5.11 Å². The third-order valence-electron chi connectivity index (χ3n) is 2.44. The van der Waals surface area contributed by atoms with Gasteiger partial charge in [-0.15, -0.1) is 0 Å². The van der Waals surface area contributed by atoms with Gasteiger partial charge in [0.05, 0.1) is 6.54 Å². The molecule has 0 radical (unpaired) electrons. The molecular weight excluding hydrogens is 238 g/mol. The molecule has 0 aromatic rings. The van der Waals surface area contributed by atoms with Crippen LogP contribution in [0.15, 0.2) is 0 Å². The standard InChI is InChI=1S/C11H19N3O4/c1-10(2,3)13-7(15)6-12-9(18)14-11(4-5-11)8(16)17/h4-6H2,1-3H3,(H,13,15)(H,16,17)(H2,12,14,18). The van der Waals surface area contributed by atoms with E-state index in [1.807, 2.05) is 20.8 Å². The fourth-order valence-electron chi connectivity index (χ4n) is 1.40. The van der Waals surface area contributed by atoms with Crippen molar-refractivity contribution in [2.24, 2.45) is 0 Å². The van der Waals surface area contributed by atoms with Gasteiger partial charge in [0.1, 0.15) is 5.54 Å². The summed E-state index contributed by atoms with van der Waals surface area (Å²) in [6.45, 7) is 5.30. The molecule has 0 spiro atoms. The molecule has 18 heavy (non-hydrogen) atoms. The molecule has 0 unspecified atom stereocenters. The summed E-state index contributed by atoms with van der Waals surface area (Å²) in [4.78, 5) is 33.6. The lowest BCUT2D eigenvalue weighted by atomic mass is 10.1. The molecule has 4 N–H and O–H groups in total. The Balaban J connectivity index is 2.30. The highest BCUT2D eigenvalue weighted by Gasteiger charge is 2.51. The third kappa shape index (κ3) is 4.23. The zero-order chi connectivity index (χ0) is 14.0. The fraction of sp³-hybridized carbons (Fsp3) is 0.727. The molecule has 1 fully saturated rings. The van der Waals surface area contributed by atoms with Gasteiger partial charge in [0.2, 0.25) is 5.91 Å². The van der Waals surface area contributed by atoms with E-state index in [2.05, 4.69) is 16.0 Å². The maximum Gasteiger partial charge on any atom is 0.329 e. The molecule has 0 aromatic heterocycles. The minimum absolute atomic E-state index is 0.182. The van der Waals surface area contributed by atoms with Crippen LogP contribution in [-0.4, -0.2) is 40.6 Å². The van der Waals surface area contributed by atoms with Crippen molar-refractivity contribution in [1.82, 2.24) is 16.0 Å². The number of hydrogen-bond donors (Lipinski definition) is 4. The van der Waals surface area contributed by atoms with Crippen molar-refractivity contribution in [2.45, 2.75) is 44.7 Å². The second-order valence-electron chi connectivity index (χ2n) is 5.49. The van der Waals surface area contributed by atoms with Crippen LogP contribution >= 0.6 is 0 Å². The summed E-state index contributed by atoms with van der Waals surface area (Å²) < 4.78 is 0. The molecule has 7 nitrogen and oxygen atoms in total. The van der Waals surface area contributed by atoms with Crippen LogP contribution in [0.3, 0.4) is 0 Å². The van der Waals surface area contributed by atoms with E-state index in [-0.39, 0.29) is 18.0 Å². The Morgan fingerprint density at radius 2 is 1.78 bits per heavy atom. The van der Waals surface area contributed by atoms with Crippen molar-refractivity contribution in [2.75, 3.05) is 6.54 Å². The van der Waals surface area contributed by atoms with Crippen LogP contribution in [0.25, 0.3) is 0 Å². The van der Waals surface area contributed by atoms with Crippen molar-refractivity contribution in [3.05, 3.63) is 0 Å². The highest BCUT2D eigenvalue weighted by molar-refractivity contribution is 5.90. The van der Waals surface area contributed by atoms with Crippen molar-refractivity contribution in [1.29, 1.82) is 0 Å². The van der Waals surface area contributed by atoms with Gasteiger partial charge in [-0.05, 0) is 33.6 Å². The smallest absolute Gasteiger partial charge is 0.329 e. The Hall–Kier alpha value is -1.79. The summed E-state index contributed by atoms with van der Waals surface area (Å²) in [6.07, 6.45) is 0.841. The minimum Gasteiger partial charge on any atom is -0.480 e. The van der Waals surface area contributed by atoms with Crippen LogP contribution < -0.4 is 16.0 Å². The molecule has 3 amide bonds. The third-order valence-corrected chi connectivity index (χ3v) is 2.44. The molecule has 0 aliphatic heterocycles. The molecule has 1 aliphatic rings. The number of carbonyl (C=O) groups is 3. The van der Waals surface area contributed by atoms with Crippen LogP contribution in [0, 0.1) is 0 Å². The maximum absolute atomic E-state index is 11.4. The van der Waals surface area contributed by atoms with Gasteiger partial charge < -0.3 is 21.1 Å². The quantitative estimate of drug-likeness (QED) is 0.560. The van der Waals surface area contributed by atoms with Crippen LogP contribution in [0.2, 0.25) is 0 Å². The Bertz CT molecular complexity index is 369. The van der Waals surface area contributed by atoms with Crippen LogP contribution in [-0.2, 0) is 9.59 Å². The predicted octanol–water partition coefficient (Wildman–Crippen LogP) is -0.182. The number of carbonyl (C=O) groups excluding carboxylic acids is 2. The molecule has 1 saturated carbocycles. The van der Waals surface area contributed by atoms with E-state index in [1.54, 1.807) is 0 Å². The zero-order valence-corrected chi connectivity index (χ0v) is 10.8. The number of rotatable bonds is 4. The first-order chi connectivity index (χ1) is 8.15. The number of hydrogen-bond acceptors (Lipinski definition) is 3.